The van der Waals surface area contributed by atoms with Gasteiger partial charge in [-0.2, -0.15) is 0 Å². The molecular weight excluding hydrogens is 301 g/mol. The van der Waals surface area contributed by atoms with Crippen LogP contribution in [0.15, 0.2) is 48.7 Å². The van der Waals surface area contributed by atoms with Crippen molar-refractivity contribution in [2.45, 2.75) is 6.36 Å². The van der Waals surface area contributed by atoms with Crippen LogP contribution >= 0.6 is 0 Å². The number of carbonyl (C=O) groups is 1. The van der Waals surface area contributed by atoms with Gasteiger partial charge in [-0.25, -0.2) is 4.98 Å². The van der Waals surface area contributed by atoms with E-state index < -0.39 is 12.3 Å². The highest BCUT2D eigenvalue weighted by Crippen LogP contribution is 2.23. The number of anilines is 1. The Kier molecular flexibility index (Phi) is 4.82. The third-order valence-corrected chi connectivity index (χ3v) is 2.36. The molecule has 0 radical (unpaired) electrons. The Morgan fingerprint density at radius 1 is 1.14 bits per heavy atom. The minimum Gasteiger partial charge on any atom is -0.468 e. The zero-order valence-corrected chi connectivity index (χ0v) is 11.1. The lowest BCUT2D eigenvalue weighted by Gasteiger charge is -2.10. The Morgan fingerprint density at radius 3 is 2.45 bits per heavy atom. The Labute approximate surface area is 123 Å². The van der Waals surface area contributed by atoms with E-state index >= 15 is 0 Å². The van der Waals surface area contributed by atoms with Crippen LogP contribution in [-0.2, 0) is 4.79 Å². The molecule has 0 atom stereocenters. The fourth-order valence-electron chi connectivity index (χ4n) is 1.51. The van der Waals surface area contributed by atoms with E-state index in [-0.39, 0.29) is 12.4 Å². The molecule has 8 heteroatoms. The van der Waals surface area contributed by atoms with Crippen molar-refractivity contribution in [2.75, 3.05) is 11.9 Å². The lowest BCUT2D eigenvalue weighted by Crippen LogP contribution is -2.20. The van der Waals surface area contributed by atoms with Gasteiger partial charge in [0, 0.05) is 18.0 Å². The van der Waals surface area contributed by atoms with Crippen LogP contribution < -0.4 is 14.8 Å². The molecule has 0 saturated heterocycles. The first kappa shape index (κ1) is 15.6. The molecule has 0 spiro atoms. The van der Waals surface area contributed by atoms with Gasteiger partial charge in [-0.1, -0.05) is 6.07 Å². The van der Waals surface area contributed by atoms with Crippen molar-refractivity contribution in [3.63, 3.8) is 0 Å². The minimum absolute atomic E-state index is 0.266. The number of nitrogens with zero attached hydrogens (tertiary/aromatic N) is 1. The summed E-state index contributed by atoms with van der Waals surface area (Å²) in [6.45, 7) is -0.266. The molecule has 0 unspecified atom stereocenters. The van der Waals surface area contributed by atoms with E-state index in [9.17, 15) is 18.0 Å². The topological polar surface area (TPSA) is 60.5 Å². The van der Waals surface area contributed by atoms with Crippen LogP contribution in [0.4, 0.5) is 18.9 Å². The van der Waals surface area contributed by atoms with Gasteiger partial charge in [-0.15, -0.1) is 13.2 Å². The number of hydrogen-bond acceptors (Lipinski definition) is 4. The Hall–Kier alpha value is -2.77. The average Bonchev–Trinajstić information content (AvgIpc) is 2.47. The number of hydrogen-bond donors (Lipinski definition) is 1. The lowest BCUT2D eigenvalue weighted by atomic mass is 10.3. The van der Waals surface area contributed by atoms with Crippen molar-refractivity contribution in [3.8, 4) is 11.6 Å². The fourth-order valence-corrected chi connectivity index (χ4v) is 1.51. The molecule has 22 heavy (non-hydrogen) atoms. The molecule has 2 rings (SSSR count). The van der Waals surface area contributed by atoms with E-state index in [1.165, 1.54) is 18.3 Å². The smallest absolute Gasteiger partial charge is 0.468 e. The van der Waals surface area contributed by atoms with Gasteiger partial charge in [0.25, 0.3) is 5.91 Å². The van der Waals surface area contributed by atoms with Crippen molar-refractivity contribution >= 4 is 11.6 Å². The highest BCUT2D eigenvalue weighted by Gasteiger charge is 2.30. The third-order valence-electron chi connectivity index (χ3n) is 2.36. The van der Waals surface area contributed by atoms with Crippen molar-refractivity contribution in [1.82, 2.24) is 4.98 Å². The fraction of sp³-hybridized carbons (Fsp3) is 0.143. The molecule has 116 valence electrons. The van der Waals surface area contributed by atoms with Gasteiger partial charge < -0.3 is 14.8 Å². The number of aromatic nitrogens is 1. The van der Waals surface area contributed by atoms with Crippen LogP contribution in [0.3, 0.4) is 0 Å². The van der Waals surface area contributed by atoms with E-state index in [4.69, 9.17) is 4.74 Å². The van der Waals surface area contributed by atoms with E-state index in [1.807, 2.05) is 0 Å². The second-order valence-corrected chi connectivity index (χ2v) is 4.08. The van der Waals surface area contributed by atoms with Gasteiger partial charge in [0.15, 0.2) is 6.61 Å². The SMILES string of the molecule is O=C(COc1ccccn1)Nc1ccc(OC(F)(F)F)cc1. The number of nitrogens with one attached hydrogen (secondary N) is 1. The molecule has 0 aliphatic carbocycles. The van der Waals surface area contributed by atoms with Crippen LogP contribution in [0.1, 0.15) is 0 Å². The molecule has 0 bridgehead atoms. The predicted octanol–water partition coefficient (Wildman–Crippen LogP) is 3.00. The van der Waals surface area contributed by atoms with E-state index in [2.05, 4.69) is 15.0 Å². The van der Waals surface area contributed by atoms with Crippen LogP contribution in [0.2, 0.25) is 0 Å². The largest absolute Gasteiger partial charge is 0.573 e. The number of halogens is 3. The molecule has 5 nitrogen and oxygen atoms in total. The summed E-state index contributed by atoms with van der Waals surface area (Å²) >= 11 is 0. The minimum atomic E-state index is -4.75. The van der Waals surface area contributed by atoms with E-state index in [0.717, 1.165) is 12.1 Å². The molecule has 1 heterocycles. The van der Waals surface area contributed by atoms with Gasteiger partial charge in [0.1, 0.15) is 5.75 Å². The summed E-state index contributed by atoms with van der Waals surface area (Å²) < 4.78 is 44.9. The Bertz CT molecular complexity index is 615. The zero-order chi connectivity index (χ0) is 16.0. The summed E-state index contributed by atoms with van der Waals surface area (Å²) in [5.41, 5.74) is 0.323. The quantitative estimate of drug-likeness (QED) is 0.922. The van der Waals surface area contributed by atoms with Crippen LogP contribution in [-0.4, -0.2) is 23.9 Å². The average molecular weight is 312 g/mol. The number of amides is 1. The second kappa shape index (κ2) is 6.79. The number of alkyl halides is 3. The zero-order valence-electron chi connectivity index (χ0n) is 11.1. The van der Waals surface area contributed by atoms with Crippen molar-refractivity contribution in [3.05, 3.63) is 48.7 Å². The first-order chi connectivity index (χ1) is 10.4. The molecule has 1 N–H and O–H groups in total. The second-order valence-electron chi connectivity index (χ2n) is 4.08. The van der Waals surface area contributed by atoms with E-state index in [0.29, 0.717) is 11.6 Å². The van der Waals surface area contributed by atoms with Crippen molar-refractivity contribution < 1.29 is 27.4 Å². The molecule has 1 aromatic heterocycles. The maximum absolute atomic E-state index is 12.0. The van der Waals surface area contributed by atoms with Gasteiger partial charge in [0.2, 0.25) is 5.88 Å². The first-order valence-electron chi connectivity index (χ1n) is 6.12. The van der Waals surface area contributed by atoms with Gasteiger partial charge in [-0.05, 0) is 30.3 Å². The van der Waals surface area contributed by atoms with Crippen molar-refractivity contribution in [2.24, 2.45) is 0 Å². The lowest BCUT2D eigenvalue weighted by molar-refractivity contribution is -0.274. The molecule has 1 amide bonds. The first-order valence-corrected chi connectivity index (χ1v) is 6.12. The maximum atomic E-state index is 12.0. The monoisotopic (exact) mass is 312 g/mol. The van der Waals surface area contributed by atoms with Gasteiger partial charge in [0.05, 0.1) is 0 Å². The molecule has 0 aliphatic heterocycles. The highest BCUT2D eigenvalue weighted by molar-refractivity contribution is 5.91. The highest BCUT2D eigenvalue weighted by atomic mass is 19.4. The standard InChI is InChI=1S/C14H11F3N2O3/c15-14(16,17)22-11-6-4-10(5-7-11)19-12(20)9-21-13-3-1-2-8-18-13/h1-8H,9H2,(H,19,20). The van der Waals surface area contributed by atoms with Crippen molar-refractivity contribution in [1.29, 1.82) is 0 Å². The molecule has 0 aliphatic rings. The third kappa shape index (κ3) is 5.31. The molecular formula is C14H11F3N2O3. The Balaban J connectivity index is 1.84. The number of rotatable bonds is 5. The maximum Gasteiger partial charge on any atom is 0.573 e. The summed E-state index contributed by atoms with van der Waals surface area (Å²) in [5.74, 6) is -0.531. The molecule has 2 aromatic rings. The summed E-state index contributed by atoms with van der Waals surface area (Å²) in [5, 5.41) is 2.47. The summed E-state index contributed by atoms with van der Waals surface area (Å²) in [6.07, 6.45) is -3.23. The normalized spacial score (nSPS) is 10.9. The van der Waals surface area contributed by atoms with E-state index in [1.54, 1.807) is 18.2 Å². The number of carbonyl (C=O) groups excluding carboxylic acids is 1. The molecule has 1 aromatic carbocycles. The molecule has 0 fully saturated rings. The number of pyridine rings is 1. The van der Waals surface area contributed by atoms with Gasteiger partial charge >= 0.3 is 6.36 Å². The van der Waals surface area contributed by atoms with Crippen LogP contribution in [0, 0.1) is 0 Å². The molecule has 0 saturated carbocycles. The Morgan fingerprint density at radius 2 is 1.86 bits per heavy atom. The predicted molar refractivity (Wildman–Crippen MR) is 71.5 cm³/mol. The summed E-state index contributed by atoms with van der Waals surface area (Å²) in [4.78, 5) is 15.5. The van der Waals surface area contributed by atoms with Crippen LogP contribution in [0.25, 0.3) is 0 Å². The number of ether oxygens (including phenoxy) is 2. The van der Waals surface area contributed by atoms with Crippen LogP contribution in [0.5, 0.6) is 11.6 Å². The summed E-state index contributed by atoms with van der Waals surface area (Å²) in [7, 11) is 0. The van der Waals surface area contributed by atoms with Gasteiger partial charge in [-0.3, -0.25) is 4.79 Å². The summed E-state index contributed by atoms with van der Waals surface area (Å²) in [6, 6.07) is 9.79. The number of benzene rings is 1.